The van der Waals surface area contributed by atoms with Crippen molar-refractivity contribution in [1.29, 1.82) is 0 Å². The van der Waals surface area contributed by atoms with Gasteiger partial charge in [-0.15, -0.1) is 0 Å². The van der Waals surface area contributed by atoms with Crippen molar-refractivity contribution in [2.45, 2.75) is 45.6 Å². The Morgan fingerprint density at radius 1 is 1.05 bits per heavy atom. The largest absolute Gasteiger partial charge is 0.480 e. The van der Waals surface area contributed by atoms with Crippen LogP contribution in [0.2, 0.25) is 0 Å². The van der Waals surface area contributed by atoms with Gasteiger partial charge < -0.3 is 25.6 Å². The van der Waals surface area contributed by atoms with Gasteiger partial charge in [0.25, 0.3) is 5.91 Å². The van der Waals surface area contributed by atoms with Crippen LogP contribution >= 0.6 is 0 Å². The maximum atomic E-state index is 13.0. The number of urea groups is 1. The fraction of sp³-hybridized carbons (Fsp3) is 0.345. The summed E-state index contributed by atoms with van der Waals surface area (Å²) >= 11 is 0. The van der Waals surface area contributed by atoms with Gasteiger partial charge in [-0.05, 0) is 55.7 Å². The first-order valence-corrected chi connectivity index (χ1v) is 13.0. The standard InChI is InChI=1S/C29H33N5O5/c1-18-7-6-8-19(2)24(18)26(35)32-25-22(17-30-28(38)33-25)16-23(27(36)37)31-29(39)34-13-11-21(12-14-34)15-20-9-4-3-5-10-20/h3-10,17,21,23H,11-16H2,1-2H3,(H,31,39)(H,36,37)(H2,30,32,33,35,38). The van der Waals surface area contributed by atoms with Gasteiger partial charge in [-0.1, -0.05) is 48.5 Å². The monoisotopic (exact) mass is 531 g/mol. The molecular formula is C29H33N5O5. The van der Waals surface area contributed by atoms with Gasteiger partial charge in [-0.25, -0.2) is 14.4 Å². The second-order valence-corrected chi connectivity index (χ2v) is 9.96. The first-order valence-electron chi connectivity index (χ1n) is 13.0. The van der Waals surface area contributed by atoms with Crippen LogP contribution in [0.25, 0.3) is 0 Å². The summed E-state index contributed by atoms with van der Waals surface area (Å²) < 4.78 is 0. The molecule has 0 radical (unpaired) electrons. The lowest BCUT2D eigenvalue weighted by molar-refractivity contribution is -0.139. The predicted octanol–water partition coefficient (Wildman–Crippen LogP) is 3.30. The fourth-order valence-electron chi connectivity index (χ4n) is 4.98. The van der Waals surface area contributed by atoms with Crippen molar-refractivity contribution < 1.29 is 19.5 Å². The smallest absolute Gasteiger partial charge is 0.346 e. The molecular weight excluding hydrogens is 498 g/mol. The van der Waals surface area contributed by atoms with E-state index in [1.54, 1.807) is 30.9 Å². The number of nitrogens with zero attached hydrogens (tertiary/aromatic N) is 2. The lowest BCUT2D eigenvalue weighted by Crippen LogP contribution is -2.51. The summed E-state index contributed by atoms with van der Waals surface area (Å²) in [4.78, 5) is 57.9. The van der Waals surface area contributed by atoms with Crippen LogP contribution in [-0.2, 0) is 17.6 Å². The molecule has 10 heteroatoms. The highest BCUT2D eigenvalue weighted by Crippen LogP contribution is 2.22. The van der Waals surface area contributed by atoms with Crippen molar-refractivity contribution >= 4 is 23.7 Å². The van der Waals surface area contributed by atoms with Gasteiger partial charge >= 0.3 is 17.7 Å². The van der Waals surface area contributed by atoms with Gasteiger partial charge in [0.1, 0.15) is 11.9 Å². The molecule has 204 valence electrons. The Labute approximate surface area is 226 Å². The molecule has 0 saturated carbocycles. The molecule has 4 N–H and O–H groups in total. The van der Waals surface area contributed by atoms with Crippen LogP contribution in [0, 0.1) is 19.8 Å². The average Bonchev–Trinajstić information content (AvgIpc) is 2.90. The number of carboxylic acid groups (broad SMARTS) is 1. The highest BCUT2D eigenvalue weighted by atomic mass is 16.4. The highest BCUT2D eigenvalue weighted by Gasteiger charge is 2.28. The molecule has 3 aromatic rings. The highest BCUT2D eigenvalue weighted by molar-refractivity contribution is 6.06. The Morgan fingerprint density at radius 2 is 1.72 bits per heavy atom. The van der Waals surface area contributed by atoms with Crippen molar-refractivity contribution in [3.8, 4) is 0 Å². The van der Waals surface area contributed by atoms with Crippen LogP contribution in [0.1, 0.15) is 45.5 Å². The first-order chi connectivity index (χ1) is 18.7. The summed E-state index contributed by atoms with van der Waals surface area (Å²) in [5, 5.41) is 15.1. The van der Waals surface area contributed by atoms with Gasteiger partial charge in [0, 0.05) is 36.8 Å². The number of aliphatic carboxylic acids is 1. The van der Waals surface area contributed by atoms with E-state index in [0.717, 1.165) is 30.4 Å². The predicted molar refractivity (Wildman–Crippen MR) is 147 cm³/mol. The number of hydrogen-bond donors (Lipinski definition) is 4. The minimum atomic E-state index is -1.29. The number of aromatic nitrogens is 2. The molecule has 2 aromatic carbocycles. The summed E-state index contributed by atoms with van der Waals surface area (Å²) in [5.74, 6) is -1.28. The zero-order valence-electron chi connectivity index (χ0n) is 22.1. The Balaban J connectivity index is 1.41. The molecule has 4 rings (SSSR count). The molecule has 1 aliphatic rings. The van der Waals surface area contributed by atoms with E-state index >= 15 is 0 Å². The number of rotatable bonds is 8. The summed E-state index contributed by atoms with van der Waals surface area (Å²) in [6, 6.07) is 13.9. The van der Waals surface area contributed by atoms with E-state index in [1.807, 2.05) is 24.3 Å². The van der Waals surface area contributed by atoms with Crippen molar-refractivity contribution in [2.24, 2.45) is 5.92 Å². The Morgan fingerprint density at radius 3 is 2.36 bits per heavy atom. The van der Waals surface area contributed by atoms with Crippen molar-refractivity contribution in [1.82, 2.24) is 20.2 Å². The third-order valence-electron chi connectivity index (χ3n) is 7.12. The number of piperidine rings is 1. The number of aromatic amines is 1. The number of aryl methyl sites for hydroxylation is 2. The van der Waals surface area contributed by atoms with E-state index in [1.165, 1.54) is 11.8 Å². The maximum absolute atomic E-state index is 13.0. The number of carboxylic acids is 1. The number of benzene rings is 2. The molecule has 1 saturated heterocycles. The van der Waals surface area contributed by atoms with Crippen LogP contribution < -0.4 is 16.3 Å². The van der Waals surface area contributed by atoms with Crippen molar-refractivity contribution in [2.75, 3.05) is 18.4 Å². The second-order valence-electron chi connectivity index (χ2n) is 9.96. The number of carbonyl (C=O) groups excluding carboxylic acids is 2. The minimum Gasteiger partial charge on any atom is -0.480 e. The van der Waals surface area contributed by atoms with E-state index in [-0.39, 0.29) is 17.8 Å². The first kappa shape index (κ1) is 27.6. The molecule has 1 unspecified atom stereocenters. The van der Waals surface area contributed by atoms with Crippen LogP contribution in [0.4, 0.5) is 10.6 Å². The average molecular weight is 532 g/mol. The van der Waals surface area contributed by atoms with Crippen molar-refractivity contribution in [3.05, 3.63) is 93.0 Å². The van der Waals surface area contributed by atoms with Gasteiger partial charge in [-0.3, -0.25) is 4.79 Å². The lowest BCUT2D eigenvalue weighted by atomic mass is 9.90. The van der Waals surface area contributed by atoms with Gasteiger partial charge in [0.15, 0.2) is 0 Å². The van der Waals surface area contributed by atoms with Crippen LogP contribution in [-0.4, -0.2) is 57.0 Å². The molecule has 0 spiro atoms. The molecule has 1 aromatic heterocycles. The minimum absolute atomic E-state index is 0.0476. The third-order valence-corrected chi connectivity index (χ3v) is 7.12. The molecule has 1 fully saturated rings. The summed E-state index contributed by atoms with van der Waals surface area (Å²) in [5.41, 5.74) is 2.81. The second kappa shape index (κ2) is 12.4. The van der Waals surface area contributed by atoms with E-state index < -0.39 is 29.6 Å². The normalized spacial score (nSPS) is 14.5. The van der Waals surface area contributed by atoms with E-state index in [2.05, 4.69) is 32.7 Å². The number of anilines is 1. The van der Waals surface area contributed by atoms with Crippen molar-refractivity contribution in [3.63, 3.8) is 0 Å². The summed E-state index contributed by atoms with van der Waals surface area (Å²) in [6.45, 7) is 4.67. The zero-order valence-corrected chi connectivity index (χ0v) is 22.1. The Hall–Kier alpha value is -4.47. The molecule has 2 heterocycles. The topological polar surface area (TPSA) is 144 Å². The maximum Gasteiger partial charge on any atom is 0.346 e. The number of hydrogen-bond acceptors (Lipinski definition) is 5. The molecule has 0 bridgehead atoms. The van der Waals surface area contributed by atoms with Gasteiger partial charge in [0.05, 0.1) is 0 Å². The molecule has 1 aliphatic heterocycles. The zero-order chi connectivity index (χ0) is 27.9. The molecule has 3 amide bonds. The molecule has 0 aliphatic carbocycles. The van der Waals surface area contributed by atoms with Crippen LogP contribution in [0.5, 0.6) is 0 Å². The van der Waals surface area contributed by atoms with E-state index in [0.29, 0.717) is 24.6 Å². The quantitative estimate of drug-likeness (QED) is 0.351. The van der Waals surface area contributed by atoms with E-state index in [9.17, 15) is 24.3 Å². The van der Waals surface area contributed by atoms with Gasteiger partial charge in [0.2, 0.25) is 0 Å². The van der Waals surface area contributed by atoms with E-state index in [4.69, 9.17) is 0 Å². The molecule has 39 heavy (non-hydrogen) atoms. The molecule has 10 nitrogen and oxygen atoms in total. The Kier molecular flexibility index (Phi) is 8.75. The summed E-state index contributed by atoms with van der Waals surface area (Å²) in [6.07, 6.45) is 3.74. The summed E-state index contributed by atoms with van der Waals surface area (Å²) in [7, 11) is 0. The Bertz CT molecular complexity index is 1380. The number of H-pyrrole nitrogens is 1. The number of nitrogens with one attached hydrogen (secondary N) is 3. The molecule has 1 atom stereocenters. The van der Waals surface area contributed by atoms with Gasteiger partial charge in [-0.2, -0.15) is 4.98 Å². The van der Waals surface area contributed by atoms with Crippen LogP contribution in [0.15, 0.2) is 59.5 Å². The number of likely N-dealkylation sites (tertiary alicyclic amines) is 1. The number of carbonyl (C=O) groups is 3. The lowest BCUT2D eigenvalue weighted by Gasteiger charge is -2.33. The van der Waals surface area contributed by atoms with Crippen LogP contribution in [0.3, 0.4) is 0 Å². The fourth-order valence-corrected chi connectivity index (χ4v) is 4.98. The third kappa shape index (κ3) is 7.10. The number of amides is 3. The SMILES string of the molecule is Cc1cccc(C)c1C(=O)Nc1nc(=O)[nH]cc1CC(NC(=O)N1CCC(Cc2ccccc2)CC1)C(=O)O.